The van der Waals surface area contributed by atoms with Crippen LogP contribution in [0.1, 0.15) is 84.3 Å². The molecular weight excluding hydrogens is 564 g/mol. The van der Waals surface area contributed by atoms with Gasteiger partial charge in [0.2, 0.25) is 0 Å². The monoisotopic (exact) mass is 614 g/mol. The third-order valence-corrected chi connectivity index (χ3v) is 11.6. The summed E-state index contributed by atoms with van der Waals surface area (Å²) in [5, 5.41) is 14.2. The lowest BCUT2D eigenvalue weighted by Gasteiger charge is -2.51. The predicted octanol–water partition coefficient (Wildman–Crippen LogP) is 9.93. The number of piperidine rings is 1. The van der Waals surface area contributed by atoms with Gasteiger partial charge >= 0.3 is 0 Å². The molecule has 4 aromatic carbocycles. The van der Waals surface area contributed by atoms with Crippen molar-refractivity contribution in [2.24, 2.45) is 10.8 Å². The molecule has 0 amide bonds. The number of fused-ring (bicyclic) bond motifs is 7. The molecule has 8 rings (SSSR count). The van der Waals surface area contributed by atoms with Gasteiger partial charge in [0, 0.05) is 53.4 Å². The van der Waals surface area contributed by atoms with Crippen LogP contribution in [0.2, 0.25) is 0 Å². The van der Waals surface area contributed by atoms with Gasteiger partial charge in [0.1, 0.15) is 5.75 Å². The van der Waals surface area contributed by atoms with Gasteiger partial charge in [-0.15, -0.1) is 0 Å². The Morgan fingerprint density at radius 2 is 1.46 bits per heavy atom. The fourth-order valence-corrected chi connectivity index (χ4v) is 10.5. The summed E-state index contributed by atoms with van der Waals surface area (Å²) in [6.07, 6.45) is 7.12. The molecule has 4 heteroatoms. The highest BCUT2D eigenvalue weighted by atomic mass is 16.5. The summed E-state index contributed by atoms with van der Waals surface area (Å²) < 4.78 is 5.60. The predicted molar refractivity (Wildman–Crippen MR) is 192 cm³/mol. The van der Waals surface area contributed by atoms with E-state index in [2.05, 4.69) is 111 Å². The standard InChI is InChI=1S/C42H50N2O2/c1-28-10-8-9-17-44(28)37-23-34-33(22-32(37)29-13-15-30(16-14-29)43-18-20-46-21-19-43)38(45)24-36-39(34)31-11-6-7-12-35(31)42(36)26-40(2,3)25-41(4,5)27-42/h6-7,11-16,22-24,28,45H,8-10,17-21,25-27H2,1-5H3. The summed E-state index contributed by atoms with van der Waals surface area (Å²) in [7, 11) is 0. The second-order valence-corrected chi connectivity index (χ2v) is 16.4. The van der Waals surface area contributed by atoms with E-state index in [-0.39, 0.29) is 16.2 Å². The van der Waals surface area contributed by atoms with Crippen LogP contribution in [0.4, 0.5) is 11.4 Å². The van der Waals surface area contributed by atoms with Crippen molar-refractivity contribution in [1.82, 2.24) is 0 Å². The zero-order valence-electron chi connectivity index (χ0n) is 28.5. The SMILES string of the molecule is CC1CCCCN1c1cc2c3c(cc(O)c2cc1-c1ccc(N2CCOCC2)cc1)C1(CC(C)(C)CC(C)(C)C1)c1ccccc1-3. The minimum absolute atomic E-state index is 0.102. The summed E-state index contributed by atoms with van der Waals surface area (Å²) in [5.74, 6) is 0.409. The zero-order valence-corrected chi connectivity index (χ0v) is 28.5. The number of ether oxygens (including phenoxy) is 1. The van der Waals surface area contributed by atoms with E-state index in [4.69, 9.17) is 4.74 Å². The minimum atomic E-state index is -0.102. The Morgan fingerprint density at radius 3 is 2.17 bits per heavy atom. The smallest absolute Gasteiger partial charge is 0.123 e. The van der Waals surface area contributed by atoms with Crippen LogP contribution in [-0.4, -0.2) is 44.0 Å². The Kier molecular flexibility index (Phi) is 6.99. The van der Waals surface area contributed by atoms with E-state index in [1.54, 1.807) is 0 Å². The first kappa shape index (κ1) is 29.9. The van der Waals surface area contributed by atoms with Crippen molar-refractivity contribution in [3.05, 3.63) is 77.9 Å². The van der Waals surface area contributed by atoms with E-state index in [9.17, 15) is 5.11 Å². The van der Waals surface area contributed by atoms with Crippen LogP contribution >= 0.6 is 0 Å². The second kappa shape index (κ2) is 10.8. The molecule has 2 heterocycles. The van der Waals surface area contributed by atoms with Gasteiger partial charge in [0.25, 0.3) is 0 Å². The molecular formula is C42H50N2O2. The molecule has 240 valence electrons. The van der Waals surface area contributed by atoms with Gasteiger partial charge in [-0.2, -0.15) is 0 Å². The van der Waals surface area contributed by atoms with Crippen molar-refractivity contribution in [3.8, 4) is 28.0 Å². The number of anilines is 2. The van der Waals surface area contributed by atoms with E-state index in [1.165, 1.54) is 75.8 Å². The number of aromatic hydroxyl groups is 1. The molecule has 3 fully saturated rings. The summed E-state index contributed by atoms with van der Waals surface area (Å²) >= 11 is 0. The molecule has 1 spiro atoms. The highest BCUT2D eigenvalue weighted by Gasteiger charge is 2.53. The molecule has 4 nitrogen and oxygen atoms in total. The molecule has 1 N–H and O–H groups in total. The number of hydrogen-bond donors (Lipinski definition) is 1. The first-order valence-corrected chi connectivity index (χ1v) is 17.7. The number of phenols is 1. The Morgan fingerprint density at radius 1 is 0.739 bits per heavy atom. The van der Waals surface area contributed by atoms with Crippen molar-refractivity contribution in [1.29, 1.82) is 0 Å². The molecule has 1 atom stereocenters. The molecule has 2 aliphatic heterocycles. The number of hydrogen-bond acceptors (Lipinski definition) is 4. The van der Waals surface area contributed by atoms with Crippen LogP contribution in [-0.2, 0) is 10.2 Å². The first-order chi connectivity index (χ1) is 22.1. The minimum Gasteiger partial charge on any atom is -0.507 e. The number of phenolic OH excluding ortho intramolecular Hbond substituents is 1. The summed E-state index contributed by atoms with van der Waals surface area (Å²) in [6, 6.07) is 25.6. The van der Waals surface area contributed by atoms with Gasteiger partial charge in [0.05, 0.1) is 13.2 Å². The first-order valence-electron chi connectivity index (χ1n) is 17.7. The largest absolute Gasteiger partial charge is 0.507 e. The molecule has 2 saturated heterocycles. The lowest BCUT2D eigenvalue weighted by Crippen LogP contribution is -2.43. The van der Waals surface area contributed by atoms with Gasteiger partial charge < -0.3 is 19.6 Å². The number of benzene rings is 4. The maximum atomic E-state index is 12.0. The van der Waals surface area contributed by atoms with Gasteiger partial charge in [-0.3, -0.25) is 0 Å². The molecule has 4 aromatic rings. The molecule has 2 aliphatic carbocycles. The van der Waals surface area contributed by atoms with Crippen molar-refractivity contribution < 1.29 is 9.84 Å². The zero-order chi connectivity index (χ0) is 31.8. The van der Waals surface area contributed by atoms with Gasteiger partial charge in [-0.05, 0) is 120 Å². The lowest BCUT2D eigenvalue weighted by atomic mass is 9.52. The fourth-order valence-electron chi connectivity index (χ4n) is 10.5. The molecule has 0 bridgehead atoms. The number of nitrogens with zero attached hydrogens (tertiary/aromatic N) is 2. The van der Waals surface area contributed by atoms with Crippen molar-refractivity contribution in [2.45, 2.75) is 84.6 Å². The number of morpholine rings is 1. The van der Waals surface area contributed by atoms with Crippen LogP contribution in [0.3, 0.4) is 0 Å². The number of rotatable bonds is 3. The van der Waals surface area contributed by atoms with E-state index < -0.39 is 0 Å². The van der Waals surface area contributed by atoms with Crippen LogP contribution in [0.25, 0.3) is 33.0 Å². The normalized spacial score (nSPS) is 23.0. The Bertz CT molecular complexity index is 1780. The van der Waals surface area contributed by atoms with Gasteiger partial charge in [-0.1, -0.05) is 64.1 Å². The molecule has 0 aromatic heterocycles. The van der Waals surface area contributed by atoms with Crippen molar-refractivity contribution >= 4 is 22.1 Å². The van der Waals surface area contributed by atoms with E-state index in [0.29, 0.717) is 11.8 Å². The van der Waals surface area contributed by atoms with Crippen molar-refractivity contribution in [2.75, 3.05) is 42.6 Å². The summed E-state index contributed by atoms with van der Waals surface area (Å²) in [5.41, 5.74) is 10.8. The average Bonchev–Trinajstić information content (AvgIpc) is 3.27. The molecule has 1 saturated carbocycles. The average molecular weight is 615 g/mol. The Balaban J connectivity index is 1.35. The second-order valence-electron chi connectivity index (χ2n) is 16.4. The topological polar surface area (TPSA) is 35.9 Å². The van der Waals surface area contributed by atoms with E-state index >= 15 is 0 Å². The quantitative estimate of drug-likeness (QED) is 0.249. The summed E-state index contributed by atoms with van der Waals surface area (Å²) in [6.45, 7) is 16.7. The molecule has 46 heavy (non-hydrogen) atoms. The molecule has 0 radical (unpaired) electrons. The highest BCUT2D eigenvalue weighted by Crippen LogP contribution is 2.65. The van der Waals surface area contributed by atoms with Crippen LogP contribution < -0.4 is 9.80 Å². The van der Waals surface area contributed by atoms with Crippen LogP contribution in [0.15, 0.2) is 66.7 Å². The Hall–Kier alpha value is -3.50. The van der Waals surface area contributed by atoms with Crippen LogP contribution in [0, 0.1) is 10.8 Å². The highest BCUT2D eigenvalue weighted by molar-refractivity contribution is 6.09. The third kappa shape index (κ3) is 4.82. The fraction of sp³-hybridized carbons (Fsp3) is 0.476. The maximum Gasteiger partial charge on any atom is 0.123 e. The maximum absolute atomic E-state index is 12.0. The van der Waals surface area contributed by atoms with Crippen molar-refractivity contribution in [3.63, 3.8) is 0 Å². The summed E-state index contributed by atoms with van der Waals surface area (Å²) in [4.78, 5) is 5.06. The molecule has 1 unspecified atom stereocenters. The van der Waals surface area contributed by atoms with Gasteiger partial charge in [0.15, 0.2) is 0 Å². The van der Waals surface area contributed by atoms with Gasteiger partial charge in [-0.25, -0.2) is 0 Å². The van der Waals surface area contributed by atoms with E-state index in [1.807, 2.05) is 0 Å². The third-order valence-electron chi connectivity index (χ3n) is 11.6. The Labute approximate surface area is 275 Å². The lowest BCUT2D eigenvalue weighted by molar-refractivity contribution is 0.0645. The molecule has 4 aliphatic rings. The van der Waals surface area contributed by atoms with Crippen LogP contribution in [0.5, 0.6) is 5.75 Å². The van der Waals surface area contributed by atoms with E-state index in [0.717, 1.165) is 51.1 Å².